The molecule has 0 aliphatic rings. The Morgan fingerprint density at radius 2 is 1.94 bits per heavy atom. The summed E-state index contributed by atoms with van der Waals surface area (Å²) >= 11 is 0. The Morgan fingerprint density at radius 3 is 2.41 bits per heavy atom. The van der Waals surface area contributed by atoms with Crippen LogP contribution in [0.1, 0.15) is 47.0 Å². The van der Waals surface area contributed by atoms with Gasteiger partial charge >= 0.3 is 0 Å². The summed E-state index contributed by atoms with van der Waals surface area (Å²) < 4.78 is 0. The molecular formula is C13H28N2O2. The van der Waals surface area contributed by atoms with Crippen molar-refractivity contribution in [2.45, 2.75) is 59.0 Å². The minimum atomic E-state index is 0.00755. The number of aliphatic hydroxyl groups is 1. The molecule has 0 aliphatic heterocycles. The van der Waals surface area contributed by atoms with Gasteiger partial charge in [-0.3, -0.25) is 4.79 Å². The monoisotopic (exact) mass is 244 g/mol. The van der Waals surface area contributed by atoms with E-state index in [1.165, 1.54) is 0 Å². The van der Waals surface area contributed by atoms with Crippen molar-refractivity contribution >= 4 is 5.91 Å². The van der Waals surface area contributed by atoms with E-state index >= 15 is 0 Å². The molecule has 3 N–H and O–H groups in total. The summed E-state index contributed by atoms with van der Waals surface area (Å²) in [5.41, 5.74) is 0. The fourth-order valence-electron chi connectivity index (χ4n) is 1.86. The molecule has 0 spiro atoms. The molecule has 0 aliphatic carbocycles. The summed E-state index contributed by atoms with van der Waals surface area (Å²) in [5, 5.41) is 15.2. The lowest BCUT2D eigenvalue weighted by atomic mass is 10.0. The molecule has 0 saturated carbocycles. The third-order valence-electron chi connectivity index (χ3n) is 2.66. The summed E-state index contributed by atoms with van der Waals surface area (Å²) in [6.07, 6.45) is 2.96. The predicted molar refractivity (Wildman–Crippen MR) is 70.8 cm³/mol. The third-order valence-corrected chi connectivity index (χ3v) is 2.66. The van der Waals surface area contributed by atoms with Crippen molar-refractivity contribution in [2.75, 3.05) is 13.2 Å². The third kappa shape index (κ3) is 9.12. The first kappa shape index (κ1) is 16.4. The molecule has 0 heterocycles. The second-order valence-corrected chi connectivity index (χ2v) is 5.15. The van der Waals surface area contributed by atoms with Crippen LogP contribution >= 0.6 is 0 Å². The summed E-state index contributed by atoms with van der Waals surface area (Å²) in [6.45, 7) is 8.69. The SMILES string of the molecule is CCCC(C)NC(=O)CNC(CO)CC(C)C. The number of carbonyl (C=O) groups excluding carboxylic acids is 1. The molecule has 4 nitrogen and oxygen atoms in total. The molecule has 2 atom stereocenters. The number of hydrogen-bond acceptors (Lipinski definition) is 3. The zero-order chi connectivity index (χ0) is 13.3. The molecule has 0 aromatic heterocycles. The Kier molecular flexibility index (Phi) is 9.09. The van der Waals surface area contributed by atoms with Gasteiger partial charge in [-0.2, -0.15) is 0 Å². The Hall–Kier alpha value is -0.610. The van der Waals surface area contributed by atoms with Crippen molar-refractivity contribution in [3.8, 4) is 0 Å². The molecule has 1 amide bonds. The maximum atomic E-state index is 11.6. The van der Waals surface area contributed by atoms with Gasteiger partial charge in [-0.15, -0.1) is 0 Å². The van der Waals surface area contributed by atoms with Crippen LogP contribution in [0.3, 0.4) is 0 Å². The van der Waals surface area contributed by atoms with E-state index in [1.807, 2.05) is 6.92 Å². The highest BCUT2D eigenvalue weighted by atomic mass is 16.3. The van der Waals surface area contributed by atoms with Crippen LogP contribution in [-0.2, 0) is 4.79 Å². The standard InChI is InChI=1S/C13H28N2O2/c1-5-6-11(4)15-13(17)8-14-12(9-16)7-10(2)3/h10-12,14,16H,5-9H2,1-4H3,(H,15,17). The lowest BCUT2D eigenvalue weighted by Gasteiger charge is -2.19. The van der Waals surface area contributed by atoms with Gasteiger partial charge in [0.05, 0.1) is 13.2 Å². The van der Waals surface area contributed by atoms with Crippen LogP contribution in [0.15, 0.2) is 0 Å². The van der Waals surface area contributed by atoms with Crippen molar-refractivity contribution in [1.29, 1.82) is 0 Å². The lowest BCUT2D eigenvalue weighted by molar-refractivity contribution is -0.121. The van der Waals surface area contributed by atoms with Gasteiger partial charge in [-0.25, -0.2) is 0 Å². The highest BCUT2D eigenvalue weighted by Gasteiger charge is 2.12. The topological polar surface area (TPSA) is 61.4 Å². The highest BCUT2D eigenvalue weighted by molar-refractivity contribution is 5.78. The number of nitrogens with one attached hydrogen (secondary N) is 2. The molecule has 4 heteroatoms. The van der Waals surface area contributed by atoms with Crippen LogP contribution in [0.25, 0.3) is 0 Å². The second-order valence-electron chi connectivity index (χ2n) is 5.15. The van der Waals surface area contributed by atoms with E-state index in [9.17, 15) is 4.79 Å². The number of rotatable bonds is 9. The molecule has 0 bridgehead atoms. The van der Waals surface area contributed by atoms with Gasteiger partial charge in [0.2, 0.25) is 5.91 Å². The predicted octanol–water partition coefficient (Wildman–Crippen LogP) is 1.29. The summed E-state index contributed by atoms with van der Waals surface area (Å²) in [5.74, 6) is 0.523. The molecule has 0 fully saturated rings. The first-order valence-corrected chi connectivity index (χ1v) is 6.63. The Bertz CT molecular complexity index is 208. The van der Waals surface area contributed by atoms with Crippen LogP contribution in [0.4, 0.5) is 0 Å². The molecule has 0 rings (SSSR count). The molecule has 2 unspecified atom stereocenters. The van der Waals surface area contributed by atoms with Gasteiger partial charge in [0.15, 0.2) is 0 Å². The Morgan fingerprint density at radius 1 is 1.29 bits per heavy atom. The quantitative estimate of drug-likeness (QED) is 0.573. The first-order valence-electron chi connectivity index (χ1n) is 6.63. The second kappa shape index (κ2) is 9.42. The van der Waals surface area contributed by atoms with E-state index in [4.69, 9.17) is 5.11 Å². The Balaban J connectivity index is 3.80. The highest BCUT2D eigenvalue weighted by Crippen LogP contribution is 2.03. The van der Waals surface area contributed by atoms with Crippen molar-refractivity contribution in [1.82, 2.24) is 10.6 Å². The minimum Gasteiger partial charge on any atom is -0.395 e. The smallest absolute Gasteiger partial charge is 0.234 e. The zero-order valence-electron chi connectivity index (χ0n) is 11.6. The van der Waals surface area contributed by atoms with Crippen molar-refractivity contribution < 1.29 is 9.90 Å². The molecule has 0 aromatic carbocycles. The van der Waals surface area contributed by atoms with E-state index in [0.29, 0.717) is 5.92 Å². The molecule has 102 valence electrons. The molecule has 0 saturated heterocycles. The molecular weight excluding hydrogens is 216 g/mol. The van der Waals surface area contributed by atoms with E-state index in [1.54, 1.807) is 0 Å². The van der Waals surface area contributed by atoms with Gasteiger partial charge in [-0.05, 0) is 25.7 Å². The first-order chi connectivity index (χ1) is 7.99. The minimum absolute atomic E-state index is 0.00755. The van der Waals surface area contributed by atoms with E-state index in [-0.39, 0.29) is 31.1 Å². The van der Waals surface area contributed by atoms with E-state index in [0.717, 1.165) is 19.3 Å². The van der Waals surface area contributed by atoms with Crippen LogP contribution in [-0.4, -0.2) is 36.2 Å². The van der Waals surface area contributed by atoms with Crippen LogP contribution in [0.5, 0.6) is 0 Å². The zero-order valence-corrected chi connectivity index (χ0v) is 11.6. The largest absolute Gasteiger partial charge is 0.395 e. The van der Waals surface area contributed by atoms with Gasteiger partial charge in [-0.1, -0.05) is 27.2 Å². The number of hydrogen-bond donors (Lipinski definition) is 3. The maximum absolute atomic E-state index is 11.6. The summed E-state index contributed by atoms with van der Waals surface area (Å²) in [4.78, 5) is 11.6. The average molecular weight is 244 g/mol. The Labute approximate surface area is 105 Å². The molecule has 0 aromatic rings. The maximum Gasteiger partial charge on any atom is 0.234 e. The normalized spacial score (nSPS) is 14.7. The van der Waals surface area contributed by atoms with Gasteiger partial charge in [0.1, 0.15) is 0 Å². The number of carbonyl (C=O) groups is 1. The van der Waals surface area contributed by atoms with Gasteiger partial charge < -0.3 is 15.7 Å². The van der Waals surface area contributed by atoms with Crippen molar-refractivity contribution in [2.24, 2.45) is 5.92 Å². The van der Waals surface area contributed by atoms with Crippen molar-refractivity contribution in [3.05, 3.63) is 0 Å². The molecule has 0 radical (unpaired) electrons. The number of aliphatic hydroxyl groups excluding tert-OH is 1. The number of amides is 1. The van der Waals surface area contributed by atoms with Gasteiger partial charge in [0.25, 0.3) is 0 Å². The average Bonchev–Trinajstić information content (AvgIpc) is 2.23. The summed E-state index contributed by atoms with van der Waals surface area (Å²) in [7, 11) is 0. The fraction of sp³-hybridized carbons (Fsp3) is 0.923. The van der Waals surface area contributed by atoms with E-state index in [2.05, 4.69) is 31.4 Å². The van der Waals surface area contributed by atoms with Crippen LogP contribution < -0.4 is 10.6 Å². The van der Waals surface area contributed by atoms with Crippen LogP contribution in [0.2, 0.25) is 0 Å². The summed E-state index contributed by atoms with van der Waals surface area (Å²) in [6, 6.07) is 0.245. The fourth-order valence-corrected chi connectivity index (χ4v) is 1.86. The lowest BCUT2D eigenvalue weighted by Crippen LogP contribution is -2.43. The van der Waals surface area contributed by atoms with Crippen LogP contribution in [0, 0.1) is 5.92 Å². The van der Waals surface area contributed by atoms with Gasteiger partial charge in [0, 0.05) is 12.1 Å². The van der Waals surface area contributed by atoms with Crippen molar-refractivity contribution in [3.63, 3.8) is 0 Å². The van der Waals surface area contributed by atoms with E-state index < -0.39 is 0 Å². The molecule has 17 heavy (non-hydrogen) atoms.